The van der Waals surface area contributed by atoms with Gasteiger partial charge in [-0.15, -0.1) is 4.41 Å². The molecule has 0 aliphatic carbocycles. The zero-order chi connectivity index (χ0) is 19.1. The zero-order valence-electron chi connectivity index (χ0n) is 11.5. The lowest BCUT2D eigenvalue weighted by Crippen LogP contribution is -2.38. The fourth-order valence-electron chi connectivity index (χ4n) is 1.96. The van der Waals surface area contributed by atoms with E-state index in [1.807, 2.05) is 0 Å². The number of alkyl halides is 5. The summed E-state index contributed by atoms with van der Waals surface area (Å²) in [6, 6.07) is 1.09. The molecular formula is C12H5Cl3F5N3OS. The van der Waals surface area contributed by atoms with Gasteiger partial charge in [0, 0.05) is 11.9 Å². The van der Waals surface area contributed by atoms with E-state index in [4.69, 9.17) is 40.1 Å². The predicted molar refractivity (Wildman–Crippen MR) is 84.3 cm³/mol. The Balaban J connectivity index is 2.60. The minimum atomic E-state index is -4.75. The Morgan fingerprint density at radius 3 is 2.12 bits per heavy atom. The Kier molecular flexibility index (Phi) is 5.85. The summed E-state index contributed by atoms with van der Waals surface area (Å²) in [5, 5.41) is 18.0. The van der Waals surface area contributed by atoms with E-state index in [-0.39, 0.29) is 11.9 Å². The third-order valence-electron chi connectivity index (χ3n) is 2.94. The second-order valence-electron chi connectivity index (χ2n) is 4.47. The first-order valence-electron chi connectivity index (χ1n) is 6.07. The van der Waals surface area contributed by atoms with Crippen LogP contribution in [-0.2, 0) is 6.18 Å². The molecule has 0 saturated heterocycles. The summed E-state index contributed by atoms with van der Waals surface area (Å²) in [4.78, 5) is 0. The van der Waals surface area contributed by atoms with E-state index in [1.54, 1.807) is 6.07 Å². The third kappa shape index (κ3) is 3.85. The van der Waals surface area contributed by atoms with Gasteiger partial charge in [-0.3, -0.25) is 0 Å². The predicted octanol–water partition coefficient (Wildman–Crippen LogP) is 5.78. The van der Waals surface area contributed by atoms with Gasteiger partial charge in [-0.2, -0.15) is 27.2 Å². The van der Waals surface area contributed by atoms with Crippen molar-refractivity contribution < 1.29 is 27.1 Å². The third-order valence-corrected chi connectivity index (χ3v) is 4.64. The molecule has 25 heavy (non-hydrogen) atoms. The number of nitrogens with zero attached hydrogens (tertiary/aromatic N) is 3. The van der Waals surface area contributed by atoms with Gasteiger partial charge in [0.15, 0.2) is 6.04 Å². The molecule has 13 heteroatoms. The van der Waals surface area contributed by atoms with Crippen LogP contribution in [0.5, 0.6) is 0 Å². The standard InChI is InChI=1S/C12H5Cl3F5N3OS/c13-5-1-4(12(18,19)20)2-6(14)9(5)22-10(24)8(15)7(3-21)23(22)25-11(16)17/h1-2,7,11,24H. The Morgan fingerprint density at radius 1 is 1.20 bits per heavy atom. The molecule has 0 aromatic heterocycles. The zero-order valence-corrected chi connectivity index (χ0v) is 14.6. The number of rotatable bonds is 3. The van der Waals surface area contributed by atoms with Crippen LogP contribution in [0, 0.1) is 11.3 Å². The molecule has 136 valence electrons. The van der Waals surface area contributed by atoms with Crippen LogP contribution in [0.3, 0.4) is 0 Å². The van der Waals surface area contributed by atoms with E-state index in [9.17, 15) is 27.1 Å². The fourth-order valence-corrected chi connectivity index (χ4v) is 3.58. The van der Waals surface area contributed by atoms with Gasteiger partial charge >= 0.3 is 6.18 Å². The van der Waals surface area contributed by atoms with Crippen LogP contribution in [-0.4, -0.2) is 21.3 Å². The van der Waals surface area contributed by atoms with E-state index >= 15 is 0 Å². The largest absolute Gasteiger partial charge is 0.493 e. The number of hydrogen-bond acceptors (Lipinski definition) is 5. The summed E-state index contributed by atoms with van der Waals surface area (Å²) in [6.07, 6.45) is -4.75. The molecule has 1 aromatic rings. The van der Waals surface area contributed by atoms with Crippen LogP contribution in [0.2, 0.25) is 10.0 Å². The summed E-state index contributed by atoms with van der Waals surface area (Å²) in [6.45, 7) is 0. The molecule has 0 radical (unpaired) electrons. The highest BCUT2D eigenvalue weighted by atomic mass is 35.5. The van der Waals surface area contributed by atoms with Crippen LogP contribution in [0.1, 0.15) is 5.56 Å². The van der Waals surface area contributed by atoms with Crippen LogP contribution >= 0.6 is 46.8 Å². The van der Waals surface area contributed by atoms with Crippen molar-refractivity contribution in [1.29, 1.82) is 5.26 Å². The van der Waals surface area contributed by atoms with Gasteiger partial charge < -0.3 is 5.11 Å². The molecule has 0 spiro atoms. The van der Waals surface area contributed by atoms with E-state index in [2.05, 4.69) is 0 Å². The molecule has 1 aromatic carbocycles. The van der Waals surface area contributed by atoms with Gasteiger partial charge in [0.25, 0.3) is 5.76 Å². The summed E-state index contributed by atoms with van der Waals surface area (Å²) < 4.78 is 64.5. The van der Waals surface area contributed by atoms with Gasteiger partial charge in [0.05, 0.1) is 27.4 Å². The van der Waals surface area contributed by atoms with E-state index < -0.39 is 50.2 Å². The molecule has 1 atom stereocenters. The molecule has 0 fully saturated rings. The highest BCUT2D eigenvalue weighted by Crippen LogP contribution is 2.47. The summed E-state index contributed by atoms with van der Waals surface area (Å²) in [5.74, 6) is -3.88. The number of nitriles is 1. The molecule has 1 heterocycles. The number of aliphatic hydroxyl groups excluding tert-OH is 1. The van der Waals surface area contributed by atoms with Gasteiger partial charge in [0.1, 0.15) is 5.03 Å². The van der Waals surface area contributed by atoms with E-state index in [0.29, 0.717) is 21.6 Å². The first-order chi connectivity index (χ1) is 11.5. The fraction of sp³-hybridized carbons (Fsp3) is 0.250. The smallest absolute Gasteiger partial charge is 0.416 e. The van der Waals surface area contributed by atoms with Crippen molar-refractivity contribution >= 4 is 52.4 Å². The lowest BCUT2D eigenvalue weighted by Gasteiger charge is -2.31. The Morgan fingerprint density at radius 2 is 1.72 bits per heavy atom. The highest BCUT2D eigenvalue weighted by Gasteiger charge is 2.44. The van der Waals surface area contributed by atoms with Crippen molar-refractivity contribution in [2.75, 3.05) is 5.01 Å². The van der Waals surface area contributed by atoms with Crippen molar-refractivity contribution in [2.45, 2.75) is 18.0 Å². The number of hydrogen-bond donors (Lipinski definition) is 1. The quantitative estimate of drug-likeness (QED) is 0.477. The van der Waals surface area contributed by atoms with E-state index in [1.165, 1.54) is 0 Å². The van der Waals surface area contributed by atoms with Crippen molar-refractivity contribution in [3.8, 4) is 6.07 Å². The van der Waals surface area contributed by atoms with Crippen molar-refractivity contribution in [1.82, 2.24) is 4.41 Å². The van der Waals surface area contributed by atoms with Gasteiger partial charge in [-0.05, 0) is 12.1 Å². The first kappa shape index (κ1) is 20.2. The number of halogens is 8. The molecule has 4 nitrogen and oxygen atoms in total. The number of anilines is 1. The maximum Gasteiger partial charge on any atom is 0.416 e. The van der Waals surface area contributed by atoms with E-state index in [0.717, 1.165) is 0 Å². The molecule has 0 bridgehead atoms. The first-order valence-corrected chi connectivity index (χ1v) is 8.04. The molecule has 1 unspecified atom stereocenters. The minimum absolute atomic E-state index is 0.190. The van der Waals surface area contributed by atoms with Crippen LogP contribution < -0.4 is 5.01 Å². The second-order valence-corrected chi connectivity index (χ2v) is 6.63. The van der Waals surface area contributed by atoms with Crippen molar-refractivity contribution in [3.05, 3.63) is 38.7 Å². The monoisotopic (exact) mass is 439 g/mol. The lowest BCUT2D eigenvalue weighted by molar-refractivity contribution is -0.137. The topological polar surface area (TPSA) is 50.5 Å². The molecular weight excluding hydrogens is 436 g/mol. The molecule has 1 aliphatic rings. The van der Waals surface area contributed by atoms with Gasteiger partial charge in [-0.1, -0.05) is 34.8 Å². The number of hydrazine groups is 1. The molecule has 0 amide bonds. The normalized spacial score (nSPS) is 19.0. The van der Waals surface area contributed by atoms with Crippen molar-refractivity contribution in [2.24, 2.45) is 0 Å². The minimum Gasteiger partial charge on any atom is -0.493 e. The Bertz CT molecular complexity index is 744. The second kappa shape index (κ2) is 7.25. The SMILES string of the molecule is N#CC1C(Cl)=C(O)N(c2c(Cl)cc(C(F)(F)F)cc2Cl)N1SC(F)F. The van der Waals surface area contributed by atoms with Crippen LogP contribution in [0.4, 0.5) is 27.6 Å². The Hall–Kier alpha value is -1.12. The van der Waals surface area contributed by atoms with Crippen LogP contribution in [0.25, 0.3) is 0 Å². The molecule has 0 saturated carbocycles. The lowest BCUT2D eigenvalue weighted by atomic mass is 10.2. The molecule has 2 rings (SSSR count). The van der Waals surface area contributed by atoms with Gasteiger partial charge in [-0.25, -0.2) is 5.01 Å². The Labute approximate surface area is 157 Å². The number of aliphatic hydroxyl groups is 1. The van der Waals surface area contributed by atoms with Crippen LogP contribution in [0.15, 0.2) is 23.0 Å². The van der Waals surface area contributed by atoms with Crippen molar-refractivity contribution in [3.63, 3.8) is 0 Å². The maximum absolute atomic E-state index is 12.8. The summed E-state index contributed by atoms with van der Waals surface area (Å²) in [7, 11) is 0. The summed E-state index contributed by atoms with van der Waals surface area (Å²) >= 11 is 17.2. The summed E-state index contributed by atoms with van der Waals surface area (Å²) in [5.41, 5.74) is -1.61. The average molecular weight is 441 g/mol. The van der Waals surface area contributed by atoms with Gasteiger partial charge in [0.2, 0.25) is 5.88 Å². The maximum atomic E-state index is 12.8. The number of benzene rings is 1. The molecule has 1 aliphatic heterocycles. The molecule has 1 N–H and O–H groups in total. The average Bonchev–Trinajstić information content (AvgIpc) is 2.69. The highest BCUT2D eigenvalue weighted by molar-refractivity contribution is 7.97.